The number of hydrogen-bond donors (Lipinski definition) is 2. The first-order chi connectivity index (χ1) is 8.41. The number of para-hydroxylation sites is 1. The van der Waals surface area contributed by atoms with Gasteiger partial charge in [0.2, 0.25) is 10.0 Å². The van der Waals surface area contributed by atoms with Crippen LogP contribution in [0.4, 0.5) is 11.4 Å². The number of nitrogens with two attached hydrogens (primary N) is 1. The molecule has 18 heavy (non-hydrogen) atoms. The Balaban J connectivity index is 3.06. The second-order valence-corrected chi connectivity index (χ2v) is 6.41. The number of nitrogens with zero attached hydrogens (tertiary/aromatic N) is 1. The number of hydrogen-bond acceptors (Lipinski definition) is 4. The van der Waals surface area contributed by atoms with Gasteiger partial charge in [0.05, 0.1) is 11.4 Å². The standard InChI is InChI=1S/C12H21N3O2S/c1-4-5-9-14-10-7-6-8-11(12(10)13)18(16,17)15(2)3/h6-8,14H,4-5,9,13H2,1-3H3. The first-order valence-electron chi connectivity index (χ1n) is 5.96. The van der Waals surface area contributed by atoms with Gasteiger partial charge in [0.25, 0.3) is 0 Å². The molecule has 0 unspecified atom stereocenters. The lowest BCUT2D eigenvalue weighted by Gasteiger charge is -2.16. The van der Waals surface area contributed by atoms with Crippen molar-refractivity contribution >= 4 is 21.4 Å². The summed E-state index contributed by atoms with van der Waals surface area (Å²) in [6, 6.07) is 5.01. The minimum atomic E-state index is -3.49. The second kappa shape index (κ2) is 6.06. The number of nitrogens with one attached hydrogen (secondary N) is 1. The van der Waals surface area contributed by atoms with Gasteiger partial charge >= 0.3 is 0 Å². The Labute approximate surface area is 109 Å². The van der Waals surface area contributed by atoms with Crippen molar-refractivity contribution in [3.05, 3.63) is 18.2 Å². The first-order valence-corrected chi connectivity index (χ1v) is 7.40. The maximum Gasteiger partial charge on any atom is 0.244 e. The molecule has 102 valence electrons. The zero-order valence-electron chi connectivity index (χ0n) is 11.1. The highest BCUT2D eigenvalue weighted by molar-refractivity contribution is 7.89. The van der Waals surface area contributed by atoms with Gasteiger partial charge in [0.1, 0.15) is 4.90 Å². The summed E-state index contributed by atoms with van der Waals surface area (Å²) in [6.45, 7) is 2.88. The molecule has 0 heterocycles. The van der Waals surface area contributed by atoms with Crippen molar-refractivity contribution in [3.63, 3.8) is 0 Å². The van der Waals surface area contributed by atoms with Crippen LogP contribution in [-0.2, 0) is 10.0 Å². The third kappa shape index (κ3) is 3.14. The number of unbranched alkanes of at least 4 members (excludes halogenated alkanes) is 1. The van der Waals surface area contributed by atoms with Crippen molar-refractivity contribution in [2.75, 3.05) is 31.7 Å². The maximum atomic E-state index is 12.1. The number of nitrogen functional groups attached to an aromatic ring is 1. The molecular formula is C12H21N3O2S. The van der Waals surface area contributed by atoms with E-state index in [1.54, 1.807) is 12.1 Å². The Morgan fingerprint density at radius 3 is 2.56 bits per heavy atom. The summed E-state index contributed by atoms with van der Waals surface area (Å²) in [5.74, 6) is 0. The van der Waals surface area contributed by atoms with Crippen molar-refractivity contribution < 1.29 is 8.42 Å². The molecule has 0 bridgehead atoms. The summed E-state index contributed by atoms with van der Waals surface area (Å²) in [6.07, 6.45) is 2.09. The number of anilines is 2. The van der Waals surface area contributed by atoms with Gasteiger partial charge in [0.15, 0.2) is 0 Å². The van der Waals surface area contributed by atoms with E-state index in [2.05, 4.69) is 12.2 Å². The van der Waals surface area contributed by atoms with E-state index in [0.717, 1.165) is 23.7 Å². The van der Waals surface area contributed by atoms with Crippen LogP contribution in [0.25, 0.3) is 0 Å². The summed E-state index contributed by atoms with van der Waals surface area (Å²) in [4.78, 5) is 0.147. The number of rotatable bonds is 6. The van der Waals surface area contributed by atoms with Crippen LogP contribution in [-0.4, -0.2) is 33.4 Å². The van der Waals surface area contributed by atoms with E-state index in [1.807, 2.05) is 0 Å². The molecule has 1 aromatic carbocycles. The molecule has 0 radical (unpaired) electrons. The first kappa shape index (κ1) is 14.8. The Morgan fingerprint density at radius 1 is 1.33 bits per heavy atom. The molecule has 0 amide bonds. The van der Waals surface area contributed by atoms with E-state index in [9.17, 15) is 8.42 Å². The molecule has 1 aromatic rings. The molecule has 0 aliphatic rings. The molecule has 0 saturated heterocycles. The van der Waals surface area contributed by atoms with Crippen molar-refractivity contribution in [3.8, 4) is 0 Å². The fraction of sp³-hybridized carbons (Fsp3) is 0.500. The fourth-order valence-corrected chi connectivity index (χ4v) is 2.55. The van der Waals surface area contributed by atoms with Gasteiger partial charge < -0.3 is 11.1 Å². The summed E-state index contributed by atoms with van der Waals surface area (Å²) in [5.41, 5.74) is 6.87. The molecule has 0 saturated carbocycles. The van der Waals surface area contributed by atoms with Gasteiger partial charge in [-0.1, -0.05) is 19.4 Å². The largest absolute Gasteiger partial charge is 0.396 e. The molecule has 0 spiro atoms. The Kier molecular flexibility index (Phi) is 4.98. The van der Waals surface area contributed by atoms with Crippen molar-refractivity contribution in [2.24, 2.45) is 0 Å². The monoisotopic (exact) mass is 271 g/mol. The smallest absolute Gasteiger partial charge is 0.244 e. The van der Waals surface area contributed by atoms with Crippen LogP contribution >= 0.6 is 0 Å². The topological polar surface area (TPSA) is 75.4 Å². The van der Waals surface area contributed by atoms with Gasteiger partial charge in [0, 0.05) is 20.6 Å². The van der Waals surface area contributed by atoms with Gasteiger partial charge in [-0.2, -0.15) is 0 Å². The van der Waals surface area contributed by atoms with E-state index in [-0.39, 0.29) is 10.6 Å². The van der Waals surface area contributed by atoms with Crippen LogP contribution in [0.2, 0.25) is 0 Å². The lowest BCUT2D eigenvalue weighted by molar-refractivity contribution is 0.521. The van der Waals surface area contributed by atoms with Gasteiger partial charge in [-0.05, 0) is 18.6 Å². The van der Waals surface area contributed by atoms with Gasteiger partial charge in [-0.25, -0.2) is 12.7 Å². The van der Waals surface area contributed by atoms with E-state index in [4.69, 9.17) is 5.73 Å². The summed E-state index contributed by atoms with van der Waals surface area (Å²) in [5, 5.41) is 3.16. The van der Waals surface area contributed by atoms with Crippen molar-refractivity contribution in [1.29, 1.82) is 0 Å². The lowest BCUT2D eigenvalue weighted by atomic mass is 10.2. The molecule has 0 aliphatic heterocycles. The van der Waals surface area contributed by atoms with E-state index < -0.39 is 10.0 Å². The average molecular weight is 271 g/mol. The number of benzene rings is 1. The molecule has 5 nitrogen and oxygen atoms in total. The SMILES string of the molecule is CCCCNc1cccc(S(=O)(=O)N(C)C)c1N. The zero-order chi connectivity index (χ0) is 13.8. The van der Waals surface area contributed by atoms with Crippen LogP contribution < -0.4 is 11.1 Å². The van der Waals surface area contributed by atoms with Crippen LogP contribution in [0, 0.1) is 0 Å². The second-order valence-electron chi connectivity index (χ2n) is 4.29. The summed E-state index contributed by atoms with van der Waals surface area (Å²) < 4.78 is 25.3. The summed E-state index contributed by atoms with van der Waals surface area (Å²) in [7, 11) is -0.508. The zero-order valence-corrected chi connectivity index (χ0v) is 11.9. The molecule has 6 heteroatoms. The van der Waals surface area contributed by atoms with Gasteiger partial charge in [-0.15, -0.1) is 0 Å². The minimum absolute atomic E-state index is 0.147. The minimum Gasteiger partial charge on any atom is -0.396 e. The van der Waals surface area contributed by atoms with Gasteiger partial charge in [-0.3, -0.25) is 0 Å². The van der Waals surface area contributed by atoms with E-state index in [1.165, 1.54) is 20.2 Å². The van der Waals surface area contributed by atoms with E-state index in [0.29, 0.717) is 5.69 Å². The highest BCUT2D eigenvalue weighted by Gasteiger charge is 2.21. The lowest BCUT2D eigenvalue weighted by Crippen LogP contribution is -2.23. The van der Waals surface area contributed by atoms with Crippen molar-refractivity contribution in [1.82, 2.24) is 4.31 Å². The molecule has 0 aromatic heterocycles. The Hall–Kier alpha value is -1.27. The molecule has 0 fully saturated rings. The number of sulfonamides is 1. The quantitative estimate of drug-likeness (QED) is 0.610. The third-order valence-corrected chi connectivity index (χ3v) is 4.54. The van der Waals surface area contributed by atoms with Crippen molar-refractivity contribution in [2.45, 2.75) is 24.7 Å². The fourth-order valence-electron chi connectivity index (χ4n) is 1.52. The molecule has 1 rings (SSSR count). The summed E-state index contributed by atoms with van der Waals surface area (Å²) >= 11 is 0. The van der Waals surface area contributed by atoms with Crippen LogP contribution in [0.15, 0.2) is 23.1 Å². The predicted molar refractivity (Wildman–Crippen MR) is 75.1 cm³/mol. The highest BCUT2D eigenvalue weighted by atomic mass is 32.2. The molecule has 0 atom stereocenters. The van der Waals surface area contributed by atoms with Crippen LogP contribution in [0.1, 0.15) is 19.8 Å². The molecule has 0 aliphatic carbocycles. The maximum absolute atomic E-state index is 12.1. The Bertz CT molecular complexity index is 498. The average Bonchev–Trinajstić information content (AvgIpc) is 2.31. The predicted octanol–water partition coefficient (Wildman–Crippen LogP) is 1.73. The molecule has 3 N–H and O–H groups in total. The highest BCUT2D eigenvalue weighted by Crippen LogP contribution is 2.28. The van der Waals surface area contributed by atoms with Crippen LogP contribution in [0.5, 0.6) is 0 Å². The van der Waals surface area contributed by atoms with E-state index >= 15 is 0 Å². The molecular weight excluding hydrogens is 250 g/mol. The normalized spacial score (nSPS) is 11.8. The Morgan fingerprint density at radius 2 is 2.00 bits per heavy atom. The van der Waals surface area contributed by atoms with Crippen LogP contribution in [0.3, 0.4) is 0 Å². The third-order valence-electron chi connectivity index (χ3n) is 2.67.